The first-order chi connectivity index (χ1) is 5.72. The normalized spacial score (nSPS) is 8.25. The zero-order chi connectivity index (χ0) is 9.40. The van der Waals surface area contributed by atoms with Crippen LogP contribution in [0.1, 0.15) is 24.2 Å². The predicted molar refractivity (Wildman–Crippen MR) is 49.2 cm³/mol. The molecule has 0 spiro atoms. The molecule has 0 saturated heterocycles. The van der Waals surface area contributed by atoms with Gasteiger partial charge in [-0.2, -0.15) is 0 Å². The van der Waals surface area contributed by atoms with Gasteiger partial charge in [0, 0.05) is 12.2 Å². The Balaban J connectivity index is 0.000000354. The molecule has 0 fully saturated rings. The number of hydrogen-bond acceptors (Lipinski definition) is 2. The summed E-state index contributed by atoms with van der Waals surface area (Å²) in [6.45, 7) is 3.50. The summed E-state index contributed by atoms with van der Waals surface area (Å²) in [5, 5.41) is 7.57. The molecule has 0 atom stereocenters. The minimum atomic E-state index is 0.121. The fraction of sp³-hybridized carbons (Fsp3) is 0.300. The molecular formula is C10H14O2. The molecule has 0 heterocycles. The van der Waals surface area contributed by atoms with Crippen LogP contribution in [0, 0.1) is 0 Å². The Morgan fingerprint density at radius 3 is 2.00 bits per heavy atom. The first kappa shape index (κ1) is 10.8. The van der Waals surface area contributed by atoms with E-state index in [1.807, 2.05) is 30.3 Å². The first-order valence-electron chi connectivity index (χ1n) is 3.89. The molecule has 1 aromatic rings. The quantitative estimate of drug-likeness (QED) is 0.647. The van der Waals surface area contributed by atoms with Crippen LogP contribution in [0.15, 0.2) is 30.3 Å². The van der Waals surface area contributed by atoms with Crippen molar-refractivity contribution in [1.82, 2.24) is 0 Å². The van der Waals surface area contributed by atoms with Gasteiger partial charge in [-0.05, 0) is 13.8 Å². The summed E-state index contributed by atoms with van der Waals surface area (Å²) >= 11 is 0. The summed E-state index contributed by atoms with van der Waals surface area (Å²) < 4.78 is 0. The van der Waals surface area contributed by atoms with E-state index in [9.17, 15) is 4.79 Å². The van der Waals surface area contributed by atoms with Crippen LogP contribution < -0.4 is 0 Å². The number of ketones is 1. The van der Waals surface area contributed by atoms with Gasteiger partial charge in [-0.15, -0.1) is 0 Å². The van der Waals surface area contributed by atoms with E-state index in [1.165, 1.54) is 0 Å². The van der Waals surface area contributed by atoms with E-state index in [-0.39, 0.29) is 12.4 Å². The third-order valence-electron chi connectivity index (χ3n) is 1.18. The van der Waals surface area contributed by atoms with Gasteiger partial charge in [-0.1, -0.05) is 30.3 Å². The number of aliphatic hydroxyl groups is 1. The molecular weight excluding hydrogens is 152 g/mol. The van der Waals surface area contributed by atoms with Crippen molar-refractivity contribution < 1.29 is 9.90 Å². The second-order valence-corrected chi connectivity index (χ2v) is 2.24. The molecule has 0 aliphatic heterocycles. The number of carbonyl (C=O) groups is 1. The van der Waals surface area contributed by atoms with Crippen molar-refractivity contribution in [2.45, 2.75) is 13.8 Å². The number of carbonyl (C=O) groups excluding carboxylic acids is 1. The Hall–Kier alpha value is -1.15. The van der Waals surface area contributed by atoms with Gasteiger partial charge in [0.15, 0.2) is 5.78 Å². The van der Waals surface area contributed by atoms with E-state index in [0.29, 0.717) is 0 Å². The Morgan fingerprint density at radius 1 is 1.33 bits per heavy atom. The molecule has 2 nitrogen and oxygen atoms in total. The van der Waals surface area contributed by atoms with E-state index >= 15 is 0 Å². The van der Waals surface area contributed by atoms with Crippen molar-refractivity contribution in [3.63, 3.8) is 0 Å². The Kier molecular flexibility index (Phi) is 5.93. The second-order valence-electron chi connectivity index (χ2n) is 2.24. The SMILES string of the molecule is CC(=O)c1ccccc1.CCO. The maximum atomic E-state index is 10.6. The molecule has 2 heteroatoms. The van der Waals surface area contributed by atoms with Crippen LogP contribution >= 0.6 is 0 Å². The summed E-state index contributed by atoms with van der Waals surface area (Å²) in [4.78, 5) is 10.6. The molecule has 0 saturated carbocycles. The van der Waals surface area contributed by atoms with Gasteiger partial charge in [-0.25, -0.2) is 0 Å². The van der Waals surface area contributed by atoms with Crippen LogP contribution in [0.25, 0.3) is 0 Å². The fourth-order valence-corrected chi connectivity index (χ4v) is 0.673. The van der Waals surface area contributed by atoms with E-state index in [1.54, 1.807) is 13.8 Å². The number of benzene rings is 1. The van der Waals surface area contributed by atoms with Crippen molar-refractivity contribution in [1.29, 1.82) is 0 Å². The summed E-state index contributed by atoms with van der Waals surface area (Å²) in [6, 6.07) is 9.23. The molecule has 0 aliphatic carbocycles. The molecule has 66 valence electrons. The summed E-state index contributed by atoms with van der Waals surface area (Å²) in [7, 11) is 0. The molecule has 0 aliphatic rings. The van der Waals surface area contributed by atoms with Gasteiger partial charge in [0.1, 0.15) is 0 Å². The first-order valence-corrected chi connectivity index (χ1v) is 3.89. The van der Waals surface area contributed by atoms with Gasteiger partial charge in [0.2, 0.25) is 0 Å². The largest absolute Gasteiger partial charge is 0.397 e. The Bertz CT molecular complexity index is 217. The van der Waals surface area contributed by atoms with Gasteiger partial charge >= 0.3 is 0 Å². The Morgan fingerprint density at radius 2 is 1.75 bits per heavy atom. The zero-order valence-electron chi connectivity index (χ0n) is 7.45. The molecule has 0 aromatic heterocycles. The lowest BCUT2D eigenvalue weighted by Gasteiger charge is -1.89. The highest BCUT2D eigenvalue weighted by Crippen LogP contribution is 1.97. The topological polar surface area (TPSA) is 37.3 Å². The number of hydrogen-bond donors (Lipinski definition) is 1. The number of aliphatic hydroxyl groups excluding tert-OH is 1. The van der Waals surface area contributed by atoms with E-state index < -0.39 is 0 Å². The van der Waals surface area contributed by atoms with Crippen molar-refractivity contribution in [3.05, 3.63) is 35.9 Å². The van der Waals surface area contributed by atoms with E-state index in [0.717, 1.165) is 5.56 Å². The van der Waals surface area contributed by atoms with Gasteiger partial charge in [0.25, 0.3) is 0 Å². The van der Waals surface area contributed by atoms with Gasteiger partial charge in [-0.3, -0.25) is 4.79 Å². The monoisotopic (exact) mass is 166 g/mol. The number of rotatable bonds is 1. The summed E-state index contributed by atoms with van der Waals surface area (Å²) in [6.07, 6.45) is 0. The third kappa shape index (κ3) is 4.63. The highest BCUT2D eigenvalue weighted by atomic mass is 16.2. The van der Waals surface area contributed by atoms with Crippen LogP contribution in [-0.4, -0.2) is 17.5 Å². The summed E-state index contributed by atoms with van der Waals surface area (Å²) in [5.41, 5.74) is 0.775. The molecule has 1 aromatic carbocycles. The lowest BCUT2D eigenvalue weighted by atomic mass is 10.2. The van der Waals surface area contributed by atoms with E-state index in [2.05, 4.69) is 0 Å². The maximum Gasteiger partial charge on any atom is 0.159 e. The minimum Gasteiger partial charge on any atom is -0.397 e. The lowest BCUT2D eigenvalue weighted by molar-refractivity contribution is 0.101. The van der Waals surface area contributed by atoms with Crippen LogP contribution in [0.3, 0.4) is 0 Å². The molecule has 0 unspecified atom stereocenters. The van der Waals surface area contributed by atoms with Crippen LogP contribution in [0.4, 0.5) is 0 Å². The minimum absolute atomic E-state index is 0.121. The molecule has 0 radical (unpaired) electrons. The van der Waals surface area contributed by atoms with Crippen molar-refractivity contribution >= 4 is 5.78 Å². The maximum absolute atomic E-state index is 10.6. The molecule has 1 N–H and O–H groups in total. The fourth-order valence-electron chi connectivity index (χ4n) is 0.673. The molecule has 0 amide bonds. The van der Waals surface area contributed by atoms with Crippen LogP contribution in [0.5, 0.6) is 0 Å². The highest BCUT2D eigenvalue weighted by Gasteiger charge is 1.92. The standard InChI is InChI=1S/C8H8O.C2H6O/c1-7(9)8-5-3-2-4-6-8;1-2-3/h2-6H,1H3;3H,2H2,1H3. The number of Topliss-reactive ketones (excluding diaryl/α,β-unsaturated/α-hetero) is 1. The molecule has 1 rings (SSSR count). The van der Waals surface area contributed by atoms with Crippen molar-refractivity contribution in [2.24, 2.45) is 0 Å². The average Bonchev–Trinajstić information content (AvgIpc) is 2.07. The zero-order valence-corrected chi connectivity index (χ0v) is 7.45. The average molecular weight is 166 g/mol. The third-order valence-corrected chi connectivity index (χ3v) is 1.18. The highest BCUT2D eigenvalue weighted by molar-refractivity contribution is 5.93. The molecule has 12 heavy (non-hydrogen) atoms. The Labute approximate surface area is 72.9 Å². The van der Waals surface area contributed by atoms with Gasteiger partial charge < -0.3 is 5.11 Å². The summed E-state index contributed by atoms with van der Waals surface area (Å²) in [5.74, 6) is 0.121. The second kappa shape index (κ2) is 6.55. The van der Waals surface area contributed by atoms with Crippen molar-refractivity contribution in [2.75, 3.05) is 6.61 Å². The van der Waals surface area contributed by atoms with Crippen LogP contribution in [0.2, 0.25) is 0 Å². The van der Waals surface area contributed by atoms with E-state index in [4.69, 9.17) is 5.11 Å². The lowest BCUT2D eigenvalue weighted by Crippen LogP contribution is -1.88. The smallest absolute Gasteiger partial charge is 0.159 e. The predicted octanol–water partition coefficient (Wildman–Crippen LogP) is 1.89. The molecule has 0 bridgehead atoms. The van der Waals surface area contributed by atoms with Crippen LogP contribution in [-0.2, 0) is 0 Å². The van der Waals surface area contributed by atoms with Crippen molar-refractivity contribution in [3.8, 4) is 0 Å². The van der Waals surface area contributed by atoms with Gasteiger partial charge in [0.05, 0.1) is 0 Å².